The highest BCUT2D eigenvalue weighted by Gasteiger charge is 2.17. The Balaban J connectivity index is 2.42. The number of rotatable bonds is 11. The van der Waals surface area contributed by atoms with Gasteiger partial charge in [-0.2, -0.15) is 0 Å². The second-order valence-electron chi connectivity index (χ2n) is 6.30. The number of nitrogens with one attached hydrogen (secondary N) is 1. The Labute approximate surface area is 152 Å². The Morgan fingerprint density at radius 2 is 1.64 bits per heavy atom. The summed E-state index contributed by atoms with van der Waals surface area (Å²) in [5, 5.41) is 2.90. The minimum absolute atomic E-state index is 0.0999. The molecule has 0 aliphatic carbocycles. The van der Waals surface area contributed by atoms with E-state index in [1.165, 1.54) is 0 Å². The predicted molar refractivity (Wildman–Crippen MR) is 103 cm³/mol. The maximum absolute atomic E-state index is 12.5. The summed E-state index contributed by atoms with van der Waals surface area (Å²) >= 11 is 0. The molecule has 1 rings (SSSR count). The second kappa shape index (κ2) is 11.6. The summed E-state index contributed by atoms with van der Waals surface area (Å²) in [6.45, 7) is 12.8. The Bertz CT molecular complexity index is 515. The average molecular weight is 348 g/mol. The first kappa shape index (κ1) is 21.2. The summed E-state index contributed by atoms with van der Waals surface area (Å²) in [7, 11) is 0. The van der Waals surface area contributed by atoms with Crippen LogP contribution in [0.3, 0.4) is 0 Å². The Morgan fingerprint density at radius 3 is 2.20 bits per heavy atom. The van der Waals surface area contributed by atoms with Crippen LogP contribution in [-0.2, 0) is 4.79 Å². The van der Waals surface area contributed by atoms with Gasteiger partial charge in [0, 0.05) is 31.1 Å². The third kappa shape index (κ3) is 7.69. The number of amides is 2. The molecular formula is C20H33N3O2. The van der Waals surface area contributed by atoms with Crippen LogP contribution in [0.25, 0.3) is 0 Å². The smallest absolute Gasteiger partial charge is 0.251 e. The third-order valence-corrected chi connectivity index (χ3v) is 4.43. The van der Waals surface area contributed by atoms with Gasteiger partial charge in [0.1, 0.15) is 0 Å². The highest BCUT2D eigenvalue weighted by Crippen LogP contribution is 2.04. The van der Waals surface area contributed by atoms with Crippen LogP contribution in [0.4, 0.5) is 0 Å². The van der Waals surface area contributed by atoms with Crippen molar-refractivity contribution in [1.29, 1.82) is 0 Å². The van der Waals surface area contributed by atoms with Gasteiger partial charge in [-0.25, -0.2) is 0 Å². The van der Waals surface area contributed by atoms with Gasteiger partial charge in [0.2, 0.25) is 5.91 Å². The van der Waals surface area contributed by atoms with Crippen molar-refractivity contribution >= 4 is 11.8 Å². The molecule has 0 aliphatic rings. The summed E-state index contributed by atoms with van der Waals surface area (Å²) in [5.41, 5.74) is 0.619. The zero-order chi connectivity index (χ0) is 18.7. The van der Waals surface area contributed by atoms with E-state index in [1.54, 1.807) is 12.1 Å². The molecule has 5 heteroatoms. The zero-order valence-corrected chi connectivity index (χ0v) is 16.1. The van der Waals surface area contributed by atoms with Crippen molar-refractivity contribution in [3.63, 3.8) is 0 Å². The number of hydrogen-bond acceptors (Lipinski definition) is 3. The number of carbonyl (C=O) groups is 2. The fraction of sp³-hybridized carbons (Fsp3) is 0.600. The Hall–Kier alpha value is -1.88. The summed E-state index contributed by atoms with van der Waals surface area (Å²) < 4.78 is 0. The zero-order valence-electron chi connectivity index (χ0n) is 16.1. The lowest BCUT2D eigenvalue weighted by molar-refractivity contribution is -0.131. The van der Waals surface area contributed by atoms with E-state index in [2.05, 4.69) is 24.1 Å². The molecule has 0 saturated carbocycles. The molecule has 0 aromatic heterocycles. The maximum atomic E-state index is 12.5. The Kier molecular flexibility index (Phi) is 9.85. The highest BCUT2D eigenvalue weighted by atomic mass is 16.2. The van der Waals surface area contributed by atoms with E-state index in [1.807, 2.05) is 36.9 Å². The summed E-state index contributed by atoms with van der Waals surface area (Å²) in [4.78, 5) is 28.9. The fourth-order valence-electron chi connectivity index (χ4n) is 2.82. The van der Waals surface area contributed by atoms with Gasteiger partial charge >= 0.3 is 0 Å². The molecular weight excluding hydrogens is 314 g/mol. The molecule has 0 saturated heterocycles. The fourth-order valence-corrected chi connectivity index (χ4v) is 2.82. The molecule has 2 amide bonds. The summed E-state index contributed by atoms with van der Waals surface area (Å²) in [6, 6.07) is 8.90. The van der Waals surface area contributed by atoms with E-state index in [0.29, 0.717) is 18.5 Å². The van der Waals surface area contributed by atoms with Crippen molar-refractivity contribution in [2.24, 2.45) is 0 Å². The second-order valence-corrected chi connectivity index (χ2v) is 6.30. The van der Waals surface area contributed by atoms with Crippen LogP contribution < -0.4 is 5.32 Å². The van der Waals surface area contributed by atoms with Crippen molar-refractivity contribution in [3.05, 3.63) is 35.9 Å². The van der Waals surface area contributed by atoms with Gasteiger partial charge < -0.3 is 15.1 Å². The first-order valence-electron chi connectivity index (χ1n) is 9.37. The van der Waals surface area contributed by atoms with Crippen LogP contribution >= 0.6 is 0 Å². The van der Waals surface area contributed by atoms with Crippen LogP contribution in [0.1, 0.15) is 50.9 Å². The molecule has 140 valence electrons. The molecule has 0 spiro atoms. The van der Waals surface area contributed by atoms with E-state index in [9.17, 15) is 9.59 Å². The van der Waals surface area contributed by atoms with Crippen molar-refractivity contribution in [2.45, 2.75) is 46.6 Å². The number of benzene rings is 1. The minimum Gasteiger partial charge on any atom is -0.349 e. The van der Waals surface area contributed by atoms with Gasteiger partial charge in [-0.15, -0.1) is 0 Å². The molecule has 0 fully saturated rings. The molecule has 1 aromatic carbocycles. The van der Waals surface area contributed by atoms with Crippen molar-refractivity contribution in [2.75, 3.05) is 32.7 Å². The number of nitrogens with zero attached hydrogens (tertiary/aromatic N) is 2. The minimum atomic E-state index is -0.183. The summed E-state index contributed by atoms with van der Waals surface area (Å²) in [6.07, 6.45) is 1.31. The highest BCUT2D eigenvalue weighted by molar-refractivity contribution is 5.94. The molecule has 0 radical (unpaired) electrons. The van der Waals surface area contributed by atoms with Crippen LogP contribution in [0.2, 0.25) is 0 Å². The van der Waals surface area contributed by atoms with E-state index < -0.39 is 0 Å². The lowest BCUT2D eigenvalue weighted by Gasteiger charge is -2.25. The lowest BCUT2D eigenvalue weighted by atomic mass is 10.1. The third-order valence-electron chi connectivity index (χ3n) is 4.43. The standard InChI is InChI=1S/C20H33N3O2/c1-5-22(6-2)14-11-15-23(7-3)19(24)16-17(4)21-20(25)18-12-9-8-10-13-18/h8-10,12-13,17H,5-7,11,14-16H2,1-4H3,(H,21,25). The van der Waals surface area contributed by atoms with Crippen molar-refractivity contribution in [1.82, 2.24) is 15.1 Å². The summed E-state index contributed by atoms with van der Waals surface area (Å²) in [5.74, 6) is -0.0339. The van der Waals surface area contributed by atoms with Gasteiger partial charge in [-0.05, 0) is 52.0 Å². The topological polar surface area (TPSA) is 52.6 Å². The quantitative estimate of drug-likeness (QED) is 0.670. The van der Waals surface area contributed by atoms with Gasteiger partial charge in [0.25, 0.3) is 5.91 Å². The van der Waals surface area contributed by atoms with Gasteiger partial charge in [0.05, 0.1) is 0 Å². The van der Waals surface area contributed by atoms with E-state index in [4.69, 9.17) is 0 Å². The van der Waals surface area contributed by atoms with Crippen LogP contribution in [0.5, 0.6) is 0 Å². The van der Waals surface area contributed by atoms with E-state index in [-0.39, 0.29) is 17.9 Å². The van der Waals surface area contributed by atoms with Crippen LogP contribution in [0, 0.1) is 0 Å². The maximum Gasteiger partial charge on any atom is 0.251 e. The average Bonchev–Trinajstić information content (AvgIpc) is 2.62. The van der Waals surface area contributed by atoms with Gasteiger partial charge in [-0.1, -0.05) is 32.0 Å². The monoisotopic (exact) mass is 347 g/mol. The number of hydrogen-bond donors (Lipinski definition) is 1. The molecule has 1 atom stereocenters. The first-order valence-corrected chi connectivity index (χ1v) is 9.37. The van der Waals surface area contributed by atoms with Crippen LogP contribution in [-0.4, -0.2) is 60.4 Å². The normalized spacial score (nSPS) is 12.0. The molecule has 0 aliphatic heterocycles. The molecule has 1 aromatic rings. The van der Waals surface area contributed by atoms with Gasteiger partial charge in [-0.3, -0.25) is 9.59 Å². The number of carbonyl (C=O) groups excluding carboxylic acids is 2. The first-order chi connectivity index (χ1) is 12.0. The van der Waals surface area contributed by atoms with Crippen LogP contribution in [0.15, 0.2) is 30.3 Å². The van der Waals surface area contributed by atoms with E-state index >= 15 is 0 Å². The Morgan fingerprint density at radius 1 is 1.00 bits per heavy atom. The van der Waals surface area contributed by atoms with Crippen molar-refractivity contribution < 1.29 is 9.59 Å². The van der Waals surface area contributed by atoms with Crippen molar-refractivity contribution in [3.8, 4) is 0 Å². The molecule has 5 nitrogen and oxygen atoms in total. The molecule has 1 unspecified atom stereocenters. The molecule has 25 heavy (non-hydrogen) atoms. The molecule has 0 heterocycles. The van der Waals surface area contributed by atoms with E-state index in [0.717, 1.165) is 32.6 Å². The largest absolute Gasteiger partial charge is 0.349 e. The predicted octanol–water partition coefficient (Wildman–Crippen LogP) is 2.78. The molecule has 1 N–H and O–H groups in total. The lowest BCUT2D eigenvalue weighted by Crippen LogP contribution is -2.40. The molecule has 0 bridgehead atoms. The van der Waals surface area contributed by atoms with Gasteiger partial charge in [0.15, 0.2) is 0 Å². The SMILES string of the molecule is CCN(CC)CCCN(CC)C(=O)CC(C)NC(=O)c1ccccc1.